The van der Waals surface area contributed by atoms with Crippen molar-refractivity contribution in [2.75, 3.05) is 0 Å². The second-order valence-corrected chi connectivity index (χ2v) is 3.17. The summed E-state index contributed by atoms with van der Waals surface area (Å²) in [5.41, 5.74) is 1.93. The van der Waals surface area contributed by atoms with Crippen LogP contribution in [0.2, 0.25) is 0 Å². The van der Waals surface area contributed by atoms with Crippen molar-refractivity contribution >= 4 is 21.6 Å². The van der Waals surface area contributed by atoms with E-state index < -0.39 is 0 Å². The van der Waals surface area contributed by atoms with Crippen LogP contribution in [0.4, 0.5) is 0 Å². The van der Waals surface area contributed by atoms with Gasteiger partial charge in [0.15, 0.2) is 0 Å². The Bertz CT molecular complexity index is 393. The van der Waals surface area contributed by atoms with Gasteiger partial charge in [-0.1, -0.05) is 0 Å². The van der Waals surface area contributed by atoms with Crippen molar-refractivity contribution in [1.82, 2.24) is 14.4 Å². The number of fused-ring (bicyclic) bond motifs is 1. The van der Waals surface area contributed by atoms with E-state index >= 15 is 0 Å². The monoisotopic (exact) mass is 211 g/mol. The summed E-state index contributed by atoms with van der Waals surface area (Å²) in [6, 6.07) is 1.88. The van der Waals surface area contributed by atoms with Crippen LogP contribution >= 0.6 is 15.9 Å². The van der Waals surface area contributed by atoms with E-state index in [1.165, 1.54) is 0 Å². The maximum atomic E-state index is 4.27. The molecule has 0 bridgehead atoms. The molecule has 0 aliphatic carbocycles. The second-order valence-electron chi connectivity index (χ2n) is 2.36. The molecule has 0 amide bonds. The molecular formula is C7H6BrN3. The molecule has 0 spiro atoms. The number of nitrogens with zero attached hydrogens (tertiary/aromatic N) is 3. The molecule has 0 saturated heterocycles. The lowest BCUT2D eigenvalue weighted by atomic mass is 10.6. The van der Waals surface area contributed by atoms with Gasteiger partial charge in [-0.25, -0.2) is 9.97 Å². The highest BCUT2D eigenvalue weighted by molar-refractivity contribution is 9.10. The van der Waals surface area contributed by atoms with Crippen molar-refractivity contribution in [2.24, 2.45) is 0 Å². The van der Waals surface area contributed by atoms with E-state index in [2.05, 4.69) is 25.9 Å². The highest BCUT2D eigenvalue weighted by Crippen LogP contribution is 2.09. The van der Waals surface area contributed by atoms with Crippen LogP contribution in [0.5, 0.6) is 0 Å². The molecule has 0 unspecified atom stereocenters. The summed E-state index contributed by atoms with van der Waals surface area (Å²) >= 11 is 3.28. The summed E-state index contributed by atoms with van der Waals surface area (Å²) < 4.78 is 2.70. The largest absolute Gasteiger partial charge is 0.290 e. The minimum Gasteiger partial charge on any atom is -0.290 e. The average molecular weight is 212 g/mol. The third kappa shape index (κ3) is 1.14. The summed E-state index contributed by atoms with van der Waals surface area (Å²) in [5, 5.41) is 0. The van der Waals surface area contributed by atoms with Gasteiger partial charge in [0.25, 0.3) is 0 Å². The minimum atomic E-state index is 0.815. The first kappa shape index (κ1) is 6.79. The fourth-order valence-corrected chi connectivity index (χ4v) is 1.29. The van der Waals surface area contributed by atoms with Crippen LogP contribution in [0.15, 0.2) is 23.2 Å². The predicted octanol–water partition coefficient (Wildman–Crippen LogP) is 1.80. The Morgan fingerprint density at radius 1 is 1.55 bits per heavy atom. The normalized spacial score (nSPS) is 10.7. The van der Waals surface area contributed by atoms with Crippen LogP contribution in [0.25, 0.3) is 5.65 Å². The number of aryl methyl sites for hydroxylation is 1. The molecular weight excluding hydrogens is 206 g/mol. The van der Waals surface area contributed by atoms with Gasteiger partial charge in [0.1, 0.15) is 16.6 Å². The highest BCUT2D eigenvalue weighted by atomic mass is 79.9. The van der Waals surface area contributed by atoms with Crippen molar-refractivity contribution < 1.29 is 0 Å². The first-order valence-corrected chi connectivity index (χ1v) is 4.02. The van der Waals surface area contributed by atoms with Crippen LogP contribution in [-0.2, 0) is 0 Å². The minimum absolute atomic E-state index is 0.815. The van der Waals surface area contributed by atoms with Crippen molar-refractivity contribution in [3.8, 4) is 0 Å². The summed E-state index contributed by atoms with van der Waals surface area (Å²) in [7, 11) is 0. The lowest BCUT2D eigenvalue weighted by Gasteiger charge is -1.90. The van der Waals surface area contributed by atoms with Crippen LogP contribution in [0.3, 0.4) is 0 Å². The summed E-state index contributed by atoms with van der Waals surface area (Å²) in [6.07, 6.45) is 3.67. The van der Waals surface area contributed by atoms with Crippen molar-refractivity contribution in [3.63, 3.8) is 0 Å². The molecule has 3 nitrogen and oxygen atoms in total. The van der Waals surface area contributed by atoms with Gasteiger partial charge >= 0.3 is 0 Å². The van der Waals surface area contributed by atoms with Gasteiger partial charge in [-0.15, -0.1) is 0 Å². The zero-order valence-electron chi connectivity index (χ0n) is 5.95. The summed E-state index contributed by atoms with van der Waals surface area (Å²) in [5.74, 6) is 0. The fourth-order valence-electron chi connectivity index (χ4n) is 0.995. The Labute approximate surface area is 72.2 Å². The van der Waals surface area contributed by atoms with Crippen LogP contribution in [-0.4, -0.2) is 14.4 Å². The maximum absolute atomic E-state index is 4.27. The third-order valence-corrected chi connectivity index (χ3v) is 1.87. The molecule has 0 atom stereocenters. The molecule has 11 heavy (non-hydrogen) atoms. The van der Waals surface area contributed by atoms with Gasteiger partial charge in [-0.2, -0.15) is 0 Å². The Morgan fingerprint density at radius 2 is 2.36 bits per heavy atom. The number of aromatic nitrogens is 3. The molecule has 56 valence electrons. The van der Waals surface area contributed by atoms with Gasteiger partial charge in [-0.05, 0) is 22.9 Å². The van der Waals surface area contributed by atoms with Gasteiger partial charge < -0.3 is 0 Å². The Balaban J connectivity index is 2.82. The van der Waals surface area contributed by atoms with Crippen molar-refractivity contribution in [1.29, 1.82) is 0 Å². The van der Waals surface area contributed by atoms with Gasteiger partial charge in [0.2, 0.25) is 0 Å². The molecule has 2 aromatic heterocycles. The SMILES string of the molecule is Cc1cn2cnc(Br)cc2n1. The molecule has 0 fully saturated rings. The topological polar surface area (TPSA) is 30.2 Å². The standard InChI is InChI=1S/C7H6BrN3/c1-5-3-11-4-9-6(8)2-7(11)10-5/h2-4H,1H3. The van der Waals surface area contributed by atoms with Gasteiger partial charge in [-0.3, -0.25) is 4.40 Å². The first-order valence-electron chi connectivity index (χ1n) is 3.22. The van der Waals surface area contributed by atoms with E-state index in [0.29, 0.717) is 0 Å². The third-order valence-electron chi connectivity index (χ3n) is 1.44. The fraction of sp³-hybridized carbons (Fsp3) is 0.143. The van der Waals surface area contributed by atoms with E-state index in [1.807, 2.05) is 23.6 Å². The van der Waals surface area contributed by atoms with Crippen molar-refractivity contribution in [3.05, 3.63) is 28.9 Å². The molecule has 2 rings (SSSR count). The van der Waals surface area contributed by atoms with Crippen LogP contribution < -0.4 is 0 Å². The molecule has 0 saturated carbocycles. The van der Waals surface area contributed by atoms with E-state index in [0.717, 1.165) is 15.9 Å². The molecule has 0 aromatic carbocycles. The first-order chi connectivity index (χ1) is 5.25. The zero-order chi connectivity index (χ0) is 7.84. The Kier molecular flexibility index (Phi) is 1.42. The summed E-state index contributed by atoms with van der Waals surface area (Å²) in [6.45, 7) is 1.96. The Morgan fingerprint density at radius 3 is 3.18 bits per heavy atom. The molecule has 2 heterocycles. The molecule has 0 N–H and O–H groups in total. The van der Waals surface area contributed by atoms with Crippen molar-refractivity contribution in [2.45, 2.75) is 6.92 Å². The second kappa shape index (κ2) is 2.30. The van der Waals surface area contributed by atoms with E-state index in [4.69, 9.17) is 0 Å². The molecule has 0 radical (unpaired) electrons. The number of imidazole rings is 1. The number of hydrogen-bond acceptors (Lipinski definition) is 2. The number of hydrogen-bond donors (Lipinski definition) is 0. The van der Waals surface area contributed by atoms with Crippen LogP contribution in [0.1, 0.15) is 5.69 Å². The molecule has 2 aromatic rings. The van der Waals surface area contributed by atoms with E-state index in [9.17, 15) is 0 Å². The zero-order valence-corrected chi connectivity index (χ0v) is 7.54. The van der Waals surface area contributed by atoms with E-state index in [1.54, 1.807) is 6.33 Å². The van der Waals surface area contributed by atoms with Gasteiger partial charge in [0, 0.05) is 12.3 Å². The number of rotatable bonds is 0. The van der Waals surface area contributed by atoms with Gasteiger partial charge in [0.05, 0.1) is 5.69 Å². The highest BCUT2D eigenvalue weighted by Gasteiger charge is 1.96. The predicted molar refractivity (Wildman–Crippen MR) is 45.4 cm³/mol. The molecule has 0 aliphatic rings. The van der Waals surface area contributed by atoms with Crippen LogP contribution in [0, 0.1) is 6.92 Å². The van der Waals surface area contributed by atoms with E-state index in [-0.39, 0.29) is 0 Å². The average Bonchev–Trinajstić information content (AvgIpc) is 2.27. The molecule has 0 aliphatic heterocycles. The lowest BCUT2D eigenvalue weighted by Crippen LogP contribution is -1.84. The summed E-state index contributed by atoms with van der Waals surface area (Å²) in [4.78, 5) is 8.33. The lowest BCUT2D eigenvalue weighted by molar-refractivity contribution is 1.07. The maximum Gasteiger partial charge on any atom is 0.140 e. The quantitative estimate of drug-likeness (QED) is 0.623. The number of halogens is 1. The smallest absolute Gasteiger partial charge is 0.140 e. The molecule has 4 heteroatoms. The Hall–Kier alpha value is -0.900.